The number of terminal acetylenes is 1. The monoisotopic (exact) mass is 420 g/mol. The van der Waals surface area contributed by atoms with Crippen LogP contribution >= 0.6 is 0 Å². The van der Waals surface area contributed by atoms with Gasteiger partial charge >= 0.3 is 5.97 Å². The first-order valence-corrected chi connectivity index (χ1v) is 9.40. The average Bonchev–Trinajstić information content (AvgIpc) is 3.14. The average molecular weight is 421 g/mol. The van der Waals surface area contributed by atoms with Crippen molar-refractivity contribution < 1.29 is 24.6 Å². The third-order valence-corrected chi connectivity index (χ3v) is 4.29. The minimum atomic E-state index is -0.890. The van der Waals surface area contributed by atoms with Crippen molar-refractivity contribution in [3.8, 4) is 12.3 Å². The fourth-order valence-corrected chi connectivity index (χ4v) is 2.84. The molecule has 7 N–H and O–H groups in total. The Morgan fingerprint density at radius 1 is 1.30 bits per heavy atom. The van der Waals surface area contributed by atoms with Gasteiger partial charge in [-0.3, -0.25) is 26.1 Å². The van der Waals surface area contributed by atoms with Crippen molar-refractivity contribution in [2.24, 2.45) is 17.1 Å². The fraction of sp³-hybridized carbons (Fsp3) is 0.476. The number of rotatable bonds is 7. The molecule has 1 saturated heterocycles. The zero-order valence-corrected chi connectivity index (χ0v) is 17.5. The highest BCUT2D eigenvalue weighted by Crippen LogP contribution is 2.26. The summed E-state index contributed by atoms with van der Waals surface area (Å²) in [5.74, 6) is 9.56. The van der Waals surface area contributed by atoms with E-state index >= 15 is 0 Å². The number of carboxylic acid groups (broad SMARTS) is 1. The second-order valence-electron chi connectivity index (χ2n) is 7.53. The van der Waals surface area contributed by atoms with Gasteiger partial charge in [-0.25, -0.2) is 0 Å². The number of nitrogens with one attached hydrogen (secondary N) is 1. The van der Waals surface area contributed by atoms with Gasteiger partial charge in [-0.2, -0.15) is 0 Å². The molecule has 0 aliphatic carbocycles. The summed E-state index contributed by atoms with van der Waals surface area (Å²) in [6.07, 6.45) is 6.24. The van der Waals surface area contributed by atoms with Gasteiger partial charge in [0.1, 0.15) is 0 Å². The number of aliphatic hydroxyl groups excluding tert-OH is 1. The Labute approximate surface area is 177 Å². The molecule has 1 aliphatic rings. The number of carboxylic acids is 1. The van der Waals surface area contributed by atoms with E-state index in [4.69, 9.17) is 11.5 Å². The van der Waals surface area contributed by atoms with E-state index in [2.05, 4.69) is 22.9 Å². The topological polar surface area (TPSA) is 159 Å². The summed E-state index contributed by atoms with van der Waals surface area (Å²) in [7, 11) is 0. The number of hydrazine groups is 1. The molecule has 1 heterocycles. The number of carbonyl (C=O) groups is 3. The second-order valence-corrected chi connectivity index (χ2v) is 7.53. The molecule has 166 valence electrons. The number of nitrogens with zero attached hydrogens (tertiary/aromatic N) is 1. The first kappa shape index (κ1) is 27.1. The van der Waals surface area contributed by atoms with E-state index in [0.717, 1.165) is 11.1 Å². The Bertz CT molecular complexity index is 713. The third kappa shape index (κ3) is 11.2. The molecule has 0 aromatic heterocycles. The Morgan fingerprint density at radius 2 is 1.90 bits per heavy atom. The molecule has 9 heteroatoms. The molecule has 0 saturated carbocycles. The largest absolute Gasteiger partial charge is 0.481 e. The first-order valence-electron chi connectivity index (χ1n) is 9.40. The summed E-state index contributed by atoms with van der Waals surface area (Å²) in [6, 6.07) is 7.49. The summed E-state index contributed by atoms with van der Waals surface area (Å²) in [5, 5.41) is 20.6. The molecule has 2 amide bonds. The van der Waals surface area contributed by atoms with E-state index in [0.29, 0.717) is 32.5 Å². The van der Waals surface area contributed by atoms with E-state index in [1.165, 1.54) is 0 Å². The quantitative estimate of drug-likeness (QED) is 0.182. The Hall–Kier alpha value is -2.93. The normalized spacial score (nSPS) is 14.9. The molecule has 9 nitrogen and oxygen atoms in total. The molecule has 1 atom stereocenters. The number of aliphatic hydroxyl groups is 1. The van der Waals surface area contributed by atoms with Crippen molar-refractivity contribution >= 4 is 18.3 Å². The molecule has 1 aromatic carbocycles. The molecule has 1 fully saturated rings. The first-order chi connectivity index (χ1) is 14.2. The lowest BCUT2D eigenvalue weighted by atomic mass is 9.85. The third-order valence-electron chi connectivity index (χ3n) is 4.29. The lowest BCUT2D eigenvalue weighted by Crippen LogP contribution is -2.33. The summed E-state index contributed by atoms with van der Waals surface area (Å²) in [5.41, 5.74) is 1.36. The number of hydrogen-bond donors (Lipinski definition) is 5. The number of likely N-dealkylation sites (tertiary alicyclic amines) is 1. The van der Waals surface area contributed by atoms with Gasteiger partial charge < -0.3 is 20.4 Å². The number of aliphatic carboxylic acids is 1. The lowest BCUT2D eigenvalue weighted by Gasteiger charge is -2.25. The maximum atomic E-state index is 11.8. The van der Waals surface area contributed by atoms with Crippen LogP contribution in [-0.4, -0.2) is 52.6 Å². The van der Waals surface area contributed by atoms with E-state index < -0.39 is 17.5 Å². The summed E-state index contributed by atoms with van der Waals surface area (Å²) < 4.78 is 0. The lowest BCUT2D eigenvalue weighted by molar-refractivity contribution is -0.140. The Balaban J connectivity index is 0.000000535. The van der Waals surface area contributed by atoms with Gasteiger partial charge in [0.2, 0.25) is 12.3 Å². The van der Waals surface area contributed by atoms with Crippen LogP contribution in [0, 0.1) is 17.8 Å². The zero-order valence-electron chi connectivity index (χ0n) is 17.5. The highest BCUT2D eigenvalue weighted by molar-refractivity contribution is 5.78. The second kappa shape index (κ2) is 14.1. The maximum absolute atomic E-state index is 11.8. The van der Waals surface area contributed by atoms with Crippen molar-refractivity contribution in [2.75, 3.05) is 13.1 Å². The number of carbonyl (C=O) groups excluding carboxylic acids is 2. The van der Waals surface area contributed by atoms with Gasteiger partial charge in [0, 0.05) is 31.6 Å². The van der Waals surface area contributed by atoms with Gasteiger partial charge in [-0.05, 0) is 29.5 Å². The molecule has 30 heavy (non-hydrogen) atoms. The van der Waals surface area contributed by atoms with Crippen LogP contribution in [0.3, 0.4) is 0 Å². The number of amides is 2. The van der Waals surface area contributed by atoms with Gasteiger partial charge in [-0.15, -0.1) is 6.42 Å². The van der Waals surface area contributed by atoms with Gasteiger partial charge in [0.15, 0.2) is 0 Å². The Kier molecular flexibility index (Phi) is 12.7. The van der Waals surface area contributed by atoms with Crippen molar-refractivity contribution in [3.63, 3.8) is 0 Å². The van der Waals surface area contributed by atoms with Crippen LogP contribution in [0.5, 0.6) is 0 Å². The van der Waals surface area contributed by atoms with Crippen LogP contribution in [0.25, 0.3) is 0 Å². The standard InChI is InChI=1S/C11H19NO4.C10H9NO.H4N2/c1-11(2,6-10(15)16)5-9(14)12-4-3-8(13)7-12;1-2-9-3-5-10(6-4-9)7-11-8-12;1-2/h8,13H,3-7H2,1-2H3,(H,15,16);1,3-6,8H,7H2,(H,11,12);1-2H2. The van der Waals surface area contributed by atoms with E-state index in [-0.39, 0.29) is 18.7 Å². The molecular formula is C21H32N4O5. The van der Waals surface area contributed by atoms with Crippen LogP contribution in [0.2, 0.25) is 0 Å². The number of nitrogens with two attached hydrogens (primary N) is 2. The van der Waals surface area contributed by atoms with Crippen molar-refractivity contribution in [1.29, 1.82) is 0 Å². The van der Waals surface area contributed by atoms with Gasteiger partial charge in [-0.1, -0.05) is 31.9 Å². The predicted molar refractivity (Wildman–Crippen MR) is 114 cm³/mol. The van der Waals surface area contributed by atoms with Crippen LogP contribution in [0.15, 0.2) is 24.3 Å². The fourth-order valence-electron chi connectivity index (χ4n) is 2.84. The van der Waals surface area contributed by atoms with E-state index in [9.17, 15) is 19.5 Å². The van der Waals surface area contributed by atoms with E-state index in [1.54, 1.807) is 18.7 Å². The summed E-state index contributed by atoms with van der Waals surface area (Å²) in [4.78, 5) is 34.0. The number of hydrogen-bond acceptors (Lipinski definition) is 6. The van der Waals surface area contributed by atoms with Gasteiger partial charge in [0.05, 0.1) is 12.5 Å². The predicted octanol–water partition coefficient (Wildman–Crippen LogP) is 0.203. The zero-order chi connectivity index (χ0) is 23.2. The molecule has 2 rings (SSSR count). The van der Waals surface area contributed by atoms with Crippen molar-refractivity contribution in [3.05, 3.63) is 35.4 Å². The number of benzene rings is 1. The van der Waals surface area contributed by atoms with Crippen LogP contribution in [0.1, 0.15) is 44.2 Å². The SMILES string of the molecule is C#Cc1ccc(CNC=O)cc1.CC(C)(CC(=O)O)CC(=O)N1CCC(O)C1.NN. The Morgan fingerprint density at radius 3 is 2.33 bits per heavy atom. The molecule has 1 unspecified atom stereocenters. The highest BCUT2D eigenvalue weighted by atomic mass is 16.4. The molecule has 0 bridgehead atoms. The minimum Gasteiger partial charge on any atom is -0.481 e. The molecule has 1 aromatic rings. The van der Waals surface area contributed by atoms with E-state index in [1.807, 2.05) is 24.3 Å². The summed E-state index contributed by atoms with van der Waals surface area (Å²) >= 11 is 0. The molecular weight excluding hydrogens is 388 g/mol. The summed E-state index contributed by atoms with van der Waals surface area (Å²) in [6.45, 7) is 5.04. The van der Waals surface area contributed by atoms with Crippen LogP contribution in [0.4, 0.5) is 0 Å². The maximum Gasteiger partial charge on any atom is 0.303 e. The van der Waals surface area contributed by atoms with Crippen molar-refractivity contribution in [2.45, 2.75) is 45.8 Å². The van der Waals surface area contributed by atoms with Crippen LogP contribution in [-0.2, 0) is 20.9 Å². The minimum absolute atomic E-state index is 0.0187. The molecule has 0 spiro atoms. The van der Waals surface area contributed by atoms with Gasteiger partial charge in [0.25, 0.3) is 0 Å². The molecule has 0 radical (unpaired) electrons. The van der Waals surface area contributed by atoms with Crippen LogP contribution < -0.4 is 17.0 Å². The molecule has 1 aliphatic heterocycles. The van der Waals surface area contributed by atoms with Crippen molar-refractivity contribution in [1.82, 2.24) is 10.2 Å². The number of β-amino-alcohol motifs (C(OH)–C–C–N with tert-alkyl or cyclic N) is 1. The highest BCUT2D eigenvalue weighted by Gasteiger charge is 2.30. The smallest absolute Gasteiger partial charge is 0.303 e.